The van der Waals surface area contributed by atoms with E-state index in [1.165, 1.54) is 0 Å². The minimum Gasteiger partial charge on any atom is -0.497 e. The van der Waals surface area contributed by atoms with Crippen molar-refractivity contribution in [2.45, 2.75) is 6.42 Å². The average Bonchev–Trinajstić information content (AvgIpc) is 2.17. The molecule has 0 heterocycles. The molecular formula is C10H16N2O. The summed E-state index contributed by atoms with van der Waals surface area (Å²) in [7, 11) is 3.59. The van der Waals surface area contributed by atoms with Crippen molar-refractivity contribution in [3.63, 3.8) is 0 Å². The number of benzene rings is 1. The number of anilines is 1. The molecule has 0 saturated carbocycles. The van der Waals surface area contributed by atoms with E-state index in [1.807, 2.05) is 25.2 Å². The molecule has 0 aromatic heterocycles. The number of hydrogen-bond acceptors (Lipinski definition) is 3. The number of nitrogens with one attached hydrogen (secondary N) is 1. The predicted molar refractivity (Wildman–Crippen MR) is 55.0 cm³/mol. The van der Waals surface area contributed by atoms with Gasteiger partial charge in [-0.2, -0.15) is 0 Å². The maximum Gasteiger partial charge on any atom is 0.119 e. The molecule has 0 atom stereocenters. The topological polar surface area (TPSA) is 47.3 Å². The smallest absolute Gasteiger partial charge is 0.119 e. The lowest BCUT2D eigenvalue weighted by atomic mass is 10.1. The molecule has 1 aromatic carbocycles. The zero-order valence-corrected chi connectivity index (χ0v) is 8.13. The number of rotatable bonds is 4. The van der Waals surface area contributed by atoms with E-state index in [4.69, 9.17) is 10.5 Å². The van der Waals surface area contributed by atoms with Crippen molar-refractivity contribution in [3.05, 3.63) is 23.8 Å². The van der Waals surface area contributed by atoms with E-state index >= 15 is 0 Å². The second kappa shape index (κ2) is 4.72. The molecule has 0 aliphatic rings. The van der Waals surface area contributed by atoms with Crippen molar-refractivity contribution in [2.75, 3.05) is 26.4 Å². The van der Waals surface area contributed by atoms with Gasteiger partial charge in [0.15, 0.2) is 0 Å². The lowest BCUT2D eigenvalue weighted by Crippen LogP contribution is -2.11. The van der Waals surface area contributed by atoms with Crippen molar-refractivity contribution in [2.24, 2.45) is 0 Å². The molecule has 3 N–H and O–H groups in total. The van der Waals surface area contributed by atoms with E-state index in [9.17, 15) is 0 Å². The Hall–Kier alpha value is -1.22. The molecule has 0 aliphatic carbocycles. The van der Waals surface area contributed by atoms with Gasteiger partial charge in [0.25, 0.3) is 0 Å². The van der Waals surface area contributed by atoms with Crippen LogP contribution < -0.4 is 15.8 Å². The number of likely N-dealkylation sites (N-methyl/N-ethyl adjacent to an activating group) is 1. The predicted octanol–water partition coefficient (Wildman–Crippen LogP) is 1.04. The quantitative estimate of drug-likeness (QED) is 0.681. The number of hydrogen-bond donors (Lipinski definition) is 2. The normalized spacial score (nSPS) is 10.0. The minimum atomic E-state index is 0.830. The van der Waals surface area contributed by atoms with Gasteiger partial charge in [0, 0.05) is 5.69 Å². The fraction of sp³-hybridized carbons (Fsp3) is 0.400. The van der Waals surface area contributed by atoms with Gasteiger partial charge in [-0.25, -0.2) is 0 Å². The summed E-state index contributed by atoms with van der Waals surface area (Å²) in [5, 5.41) is 3.08. The van der Waals surface area contributed by atoms with Gasteiger partial charge in [-0.3, -0.25) is 0 Å². The third kappa shape index (κ3) is 2.63. The summed E-state index contributed by atoms with van der Waals surface area (Å²) in [6.45, 7) is 0.928. The highest BCUT2D eigenvalue weighted by molar-refractivity contribution is 5.50. The maximum atomic E-state index is 5.80. The van der Waals surface area contributed by atoms with E-state index in [-0.39, 0.29) is 0 Å². The molecule has 3 heteroatoms. The fourth-order valence-electron chi connectivity index (χ4n) is 1.19. The van der Waals surface area contributed by atoms with Crippen molar-refractivity contribution >= 4 is 5.69 Å². The molecule has 0 aliphatic heterocycles. The molecule has 1 rings (SSSR count). The lowest BCUT2D eigenvalue weighted by Gasteiger charge is -2.07. The molecule has 3 nitrogen and oxygen atoms in total. The first-order chi connectivity index (χ1) is 6.27. The molecular weight excluding hydrogens is 164 g/mol. The monoisotopic (exact) mass is 180 g/mol. The number of nitrogen functional groups attached to an aromatic ring is 1. The first-order valence-electron chi connectivity index (χ1n) is 4.35. The Bertz CT molecular complexity index is 274. The summed E-state index contributed by atoms with van der Waals surface area (Å²) >= 11 is 0. The zero-order valence-electron chi connectivity index (χ0n) is 8.13. The zero-order chi connectivity index (χ0) is 9.68. The Morgan fingerprint density at radius 2 is 2.23 bits per heavy atom. The summed E-state index contributed by atoms with van der Waals surface area (Å²) in [4.78, 5) is 0. The van der Waals surface area contributed by atoms with Gasteiger partial charge >= 0.3 is 0 Å². The summed E-state index contributed by atoms with van der Waals surface area (Å²) < 4.78 is 5.11. The highest BCUT2D eigenvalue weighted by Crippen LogP contribution is 2.19. The molecule has 0 radical (unpaired) electrons. The van der Waals surface area contributed by atoms with Crippen LogP contribution in [-0.2, 0) is 6.42 Å². The molecule has 0 fully saturated rings. The highest BCUT2D eigenvalue weighted by Gasteiger charge is 2.00. The Kier molecular flexibility index (Phi) is 3.58. The van der Waals surface area contributed by atoms with Crippen LogP contribution in [0.4, 0.5) is 5.69 Å². The Morgan fingerprint density at radius 3 is 2.85 bits per heavy atom. The molecule has 0 saturated heterocycles. The van der Waals surface area contributed by atoms with Crippen molar-refractivity contribution in [1.82, 2.24) is 5.32 Å². The van der Waals surface area contributed by atoms with Crippen molar-refractivity contribution < 1.29 is 4.74 Å². The fourth-order valence-corrected chi connectivity index (χ4v) is 1.19. The minimum absolute atomic E-state index is 0.830. The molecule has 72 valence electrons. The van der Waals surface area contributed by atoms with Gasteiger partial charge in [-0.15, -0.1) is 0 Å². The lowest BCUT2D eigenvalue weighted by molar-refractivity contribution is 0.414. The summed E-state index contributed by atoms with van der Waals surface area (Å²) in [5.74, 6) is 0.861. The van der Waals surface area contributed by atoms with Crippen LogP contribution >= 0.6 is 0 Å². The number of nitrogens with two attached hydrogens (primary N) is 1. The van der Waals surface area contributed by atoms with Crippen LogP contribution in [0.5, 0.6) is 5.75 Å². The molecule has 0 spiro atoms. The van der Waals surface area contributed by atoms with E-state index in [1.54, 1.807) is 7.11 Å². The largest absolute Gasteiger partial charge is 0.497 e. The number of ether oxygens (including phenoxy) is 1. The van der Waals surface area contributed by atoms with E-state index in [2.05, 4.69) is 5.32 Å². The average molecular weight is 180 g/mol. The van der Waals surface area contributed by atoms with Gasteiger partial charge in [-0.1, -0.05) is 0 Å². The third-order valence-corrected chi connectivity index (χ3v) is 1.99. The van der Waals surface area contributed by atoms with Crippen LogP contribution in [-0.4, -0.2) is 20.7 Å². The Morgan fingerprint density at radius 1 is 1.46 bits per heavy atom. The molecule has 0 bridgehead atoms. The first-order valence-corrected chi connectivity index (χ1v) is 4.35. The van der Waals surface area contributed by atoms with Crippen LogP contribution in [0.1, 0.15) is 5.56 Å². The van der Waals surface area contributed by atoms with Crippen LogP contribution in [0, 0.1) is 0 Å². The SMILES string of the molecule is CNCCc1cc(OC)ccc1N. The van der Waals surface area contributed by atoms with Gasteiger partial charge in [0.2, 0.25) is 0 Å². The summed E-state index contributed by atoms with van der Waals surface area (Å²) in [5.41, 5.74) is 7.76. The van der Waals surface area contributed by atoms with E-state index < -0.39 is 0 Å². The Balaban J connectivity index is 2.78. The second-order valence-corrected chi connectivity index (χ2v) is 2.92. The van der Waals surface area contributed by atoms with Crippen LogP contribution in [0.2, 0.25) is 0 Å². The van der Waals surface area contributed by atoms with Crippen LogP contribution in [0.3, 0.4) is 0 Å². The molecule has 1 aromatic rings. The van der Waals surface area contributed by atoms with Gasteiger partial charge in [-0.05, 0) is 43.8 Å². The first kappa shape index (κ1) is 9.86. The van der Waals surface area contributed by atoms with Gasteiger partial charge < -0.3 is 15.8 Å². The summed E-state index contributed by atoms with van der Waals surface area (Å²) in [6.07, 6.45) is 0.930. The van der Waals surface area contributed by atoms with Crippen LogP contribution in [0.25, 0.3) is 0 Å². The maximum absolute atomic E-state index is 5.80. The standard InChI is InChI=1S/C10H16N2O/c1-12-6-5-8-7-9(13-2)3-4-10(8)11/h3-4,7,12H,5-6,11H2,1-2H3. The van der Waals surface area contributed by atoms with E-state index in [0.29, 0.717) is 0 Å². The highest BCUT2D eigenvalue weighted by atomic mass is 16.5. The van der Waals surface area contributed by atoms with Crippen molar-refractivity contribution in [1.29, 1.82) is 0 Å². The molecule has 0 amide bonds. The van der Waals surface area contributed by atoms with E-state index in [0.717, 1.165) is 30.0 Å². The summed E-state index contributed by atoms with van der Waals surface area (Å²) in [6, 6.07) is 5.73. The number of methoxy groups -OCH3 is 1. The van der Waals surface area contributed by atoms with Gasteiger partial charge in [0.1, 0.15) is 5.75 Å². The van der Waals surface area contributed by atoms with Gasteiger partial charge in [0.05, 0.1) is 7.11 Å². The van der Waals surface area contributed by atoms with Crippen LogP contribution in [0.15, 0.2) is 18.2 Å². The third-order valence-electron chi connectivity index (χ3n) is 1.99. The molecule has 0 unspecified atom stereocenters. The molecule has 13 heavy (non-hydrogen) atoms. The van der Waals surface area contributed by atoms with Crippen molar-refractivity contribution in [3.8, 4) is 5.75 Å². The Labute approximate surface area is 78.9 Å². The second-order valence-electron chi connectivity index (χ2n) is 2.92.